The van der Waals surface area contributed by atoms with E-state index < -0.39 is 0 Å². The third-order valence-electron chi connectivity index (χ3n) is 3.19. The van der Waals surface area contributed by atoms with Crippen LogP contribution < -0.4 is 5.73 Å². The molecule has 1 aromatic carbocycles. The lowest BCUT2D eigenvalue weighted by molar-refractivity contribution is -0.131. The van der Waals surface area contributed by atoms with E-state index in [4.69, 9.17) is 17.3 Å². The summed E-state index contributed by atoms with van der Waals surface area (Å²) in [7, 11) is 0. The van der Waals surface area contributed by atoms with Gasteiger partial charge in [0.05, 0.1) is 6.54 Å². The molecule has 1 saturated heterocycles. The number of nitrogens with zero attached hydrogens (tertiary/aromatic N) is 2. The summed E-state index contributed by atoms with van der Waals surface area (Å²) in [6.45, 7) is 2.16. The maximum atomic E-state index is 12.2. The number of halogens is 2. The van der Waals surface area contributed by atoms with Gasteiger partial charge in [-0.05, 0) is 24.3 Å². The predicted octanol–water partition coefficient (Wildman–Crippen LogP) is 1.00. The van der Waals surface area contributed by atoms with Crippen molar-refractivity contribution in [3.63, 3.8) is 0 Å². The van der Waals surface area contributed by atoms with Crippen molar-refractivity contribution in [3.8, 4) is 0 Å². The molecule has 2 N–H and O–H groups in total. The molecular formula is C13H17Cl2N3O2. The molecule has 7 heteroatoms. The van der Waals surface area contributed by atoms with Crippen LogP contribution in [0.1, 0.15) is 10.4 Å². The van der Waals surface area contributed by atoms with Gasteiger partial charge < -0.3 is 15.5 Å². The Balaban J connectivity index is 0.00000200. The lowest BCUT2D eigenvalue weighted by Gasteiger charge is -2.34. The van der Waals surface area contributed by atoms with Gasteiger partial charge in [0.2, 0.25) is 5.91 Å². The Morgan fingerprint density at radius 2 is 1.55 bits per heavy atom. The van der Waals surface area contributed by atoms with E-state index in [0.29, 0.717) is 36.8 Å². The summed E-state index contributed by atoms with van der Waals surface area (Å²) in [4.78, 5) is 27.1. The van der Waals surface area contributed by atoms with Gasteiger partial charge in [0.15, 0.2) is 0 Å². The number of amides is 2. The van der Waals surface area contributed by atoms with E-state index >= 15 is 0 Å². The monoisotopic (exact) mass is 317 g/mol. The molecule has 1 fully saturated rings. The fourth-order valence-corrected chi connectivity index (χ4v) is 2.19. The van der Waals surface area contributed by atoms with Gasteiger partial charge >= 0.3 is 0 Å². The van der Waals surface area contributed by atoms with E-state index in [9.17, 15) is 9.59 Å². The smallest absolute Gasteiger partial charge is 0.253 e. The molecule has 0 saturated carbocycles. The van der Waals surface area contributed by atoms with Crippen LogP contribution in [0.4, 0.5) is 0 Å². The molecule has 0 atom stereocenters. The molecule has 0 radical (unpaired) electrons. The predicted molar refractivity (Wildman–Crippen MR) is 80.2 cm³/mol. The van der Waals surface area contributed by atoms with Crippen LogP contribution in [-0.4, -0.2) is 54.3 Å². The molecule has 1 aromatic rings. The number of nitrogens with two attached hydrogens (primary N) is 1. The number of carbonyl (C=O) groups is 2. The standard InChI is InChI=1S/C13H16ClN3O2.ClH/c14-11-3-1-10(2-4-11)13(19)17-7-5-16(6-8-17)12(18)9-15;/h1-4H,5-9,15H2;1H. The van der Waals surface area contributed by atoms with Gasteiger partial charge in [-0.1, -0.05) is 11.6 Å². The number of carbonyl (C=O) groups excluding carboxylic acids is 2. The number of piperazine rings is 1. The molecule has 0 aromatic heterocycles. The molecule has 2 rings (SSSR count). The van der Waals surface area contributed by atoms with Crippen molar-refractivity contribution in [2.45, 2.75) is 0 Å². The van der Waals surface area contributed by atoms with Gasteiger partial charge in [0.1, 0.15) is 0 Å². The molecule has 0 aliphatic carbocycles. The molecule has 0 unspecified atom stereocenters. The SMILES string of the molecule is Cl.NCC(=O)N1CCN(C(=O)c2ccc(Cl)cc2)CC1. The van der Waals surface area contributed by atoms with Crippen LogP contribution >= 0.6 is 24.0 Å². The second kappa shape index (κ2) is 7.47. The Morgan fingerprint density at radius 3 is 2.05 bits per heavy atom. The molecular weight excluding hydrogens is 301 g/mol. The lowest BCUT2D eigenvalue weighted by atomic mass is 10.2. The highest BCUT2D eigenvalue weighted by Gasteiger charge is 2.23. The molecule has 1 heterocycles. The Bertz CT molecular complexity index is 471. The van der Waals surface area contributed by atoms with Crippen LogP contribution in [0.25, 0.3) is 0 Å². The minimum absolute atomic E-state index is 0. The summed E-state index contributed by atoms with van der Waals surface area (Å²) in [5.74, 6) is -0.102. The Morgan fingerprint density at radius 1 is 1.05 bits per heavy atom. The van der Waals surface area contributed by atoms with Crippen molar-refractivity contribution >= 4 is 35.8 Å². The summed E-state index contributed by atoms with van der Waals surface area (Å²) in [5.41, 5.74) is 5.93. The molecule has 5 nitrogen and oxygen atoms in total. The Kier molecular flexibility index (Phi) is 6.26. The van der Waals surface area contributed by atoms with E-state index in [2.05, 4.69) is 0 Å². The second-order valence-corrected chi connectivity index (χ2v) is 4.82. The molecule has 110 valence electrons. The highest BCUT2D eigenvalue weighted by Crippen LogP contribution is 2.13. The topological polar surface area (TPSA) is 66.6 Å². The largest absolute Gasteiger partial charge is 0.338 e. The van der Waals surface area contributed by atoms with Gasteiger partial charge in [-0.2, -0.15) is 0 Å². The summed E-state index contributed by atoms with van der Waals surface area (Å²) < 4.78 is 0. The van der Waals surface area contributed by atoms with Gasteiger partial charge in [-0.3, -0.25) is 9.59 Å². The van der Waals surface area contributed by atoms with Crippen LogP contribution in [-0.2, 0) is 4.79 Å². The summed E-state index contributed by atoms with van der Waals surface area (Å²) in [6.07, 6.45) is 0. The first-order chi connectivity index (χ1) is 9.11. The highest BCUT2D eigenvalue weighted by atomic mass is 35.5. The molecule has 0 bridgehead atoms. The van der Waals surface area contributed by atoms with Crippen molar-refractivity contribution in [1.82, 2.24) is 9.80 Å². The van der Waals surface area contributed by atoms with Gasteiger partial charge in [-0.25, -0.2) is 0 Å². The van der Waals surface area contributed by atoms with E-state index in [1.54, 1.807) is 34.1 Å². The van der Waals surface area contributed by atoms with Crippen LogP contribution in [0, 0.1) is 0 Å². The summed E-state index contributed by atoms with van der Waals surface area (Å²) in [5, 5.41) is 0.606. The number of rotatable bonds is 2. The minimum atomic E-state index is -0.0707. The van der Waals surface area contributed by atoms with E-state index in [1.165, 1.54) is 0 Å². The lowest BCUT2D eigenvalue weighted by Crippen LogP contribution is -2.51. The molecule has 2 amide bonds. The van der Waals surface area contributed by atoms with E-state index in [0.717, 1.165) is 0 Å². The average molecular weight is 318 g/mol. The zero-order valence-corrected chi connectivity index (χ0v) is 12.5. The van der Waals surface area contributed by atoms with Crippen LogP contribution in [0.2, 0.25) is 5.02 Å². The number of hydrogen-bond acceptors (Lipinski definition) is 3. The average Bonchev–Trinajstić information content (AvgIpc) is 2.46. The normalized spacial score (nSPS) is 14.7. The highest BCUT2D eigenvalue weighted by molar-refractivity contribution is 6.30. The first-order valence-corrected chi connectivity index (χ1v) is 6.52. The third kappa shape index (κ3) is 3.85. The zero-order chi connectivity index (χ0) is 13.8. The Labute approximate surface area is 129 Å². The van der Waals surface area contributed by atoms with Gasteiger partial charge in [0.25, 0.3) is 5.91 Å². The van der Waals surface area contributed by atoms with Crippen molar-refractivity contribution in [2.24, 2.45) is 5.73 Å². The first-order valence-electron chi connectivity index (χ1n) is 6.14. The van der Waals surface area contributed by atoms with Crippen LogP contribution in [0.3, 0.4) is 0 Å². The number of benzene rings is 1. The first kappa shape index (κ1) is 16.8. The molecule has 20 heavy (non-hydrogen) atoms. The Hall–Kier alpha value is -1.30. The van der Waals surface area contributed by atoms with Crippen molar-refractivity contribution < 1.29 is 9.59 Å². The second-order valence-electron chi connectivity index (χ2n) is 4.38. The summed E-state index contributed by atoms with van der Waals surface area (Å²) in [6, 6.07) is 6.82. The molecule has 0 spiro atoms. The van der Waals surface area contributed by atoms with Crippen molar-refractivity contribution in [1.29, 1.82) is 0 Å². The van der Waals surface area contributed by atoms with Crippen LogP contribution in [0.15, 0.2) is 24.3 Å². The molecule has 1 aliphatic rings. The van der Waals surface area contributed by atoms with E-state index in [1.807, 2.05) is 0 Å². The fourth-order valence-electron chi connectivity index (χ4n) is 2.06. The number of hydrogen-bond donors (Lipinski definition) is 1. The third-order valence-corrected chi connectivity index (χ3v) is 3.44. The van der Waals surface area contributed by atoms with E-state index in [-0.39, 0.29) is 30.8 Å². The quantitative estimate of drug-likeness (QED) is 0.885. The van der Waals surface area contributed by atoms with Gasteiger partial charge in [-0.15, -0.1) is 12.4 Å². The molecule has 1 aliphatic heterocycles. The maximum Gasteiger partial charge on any atom is 0.253 e. The minimum Gasteiger partial charge on any atom is -0.338 e. The zero-order valence-electron chi connectivity index (χ0n) is 10.9. The fraction of sp³-hybridized carbons (Fsp3) is 0.385. The van der Waals surface area contributed by atoms with Gasteiger partial charge in [0, 0.05) is 36.8 Å². The van der Waals surface area contributed by atoms with Crippen LogP contribution in [0.5, 0.6) is 0 Å². The van der Waals surface area contributed by atoms with Crippen molar-refractivity contribution in [3.05, 3.63) is 34.9 Å². The maximum absolute atomic E-state index is 12.2. The summed E-state index contributed by atoms with van der Waals surface area (Å²) >= 11 is 5.79. The van der Waals surface area contributed by atoms with Crippen molar-refractivity contribution in [2.75, 3.05) is 32.7 Å².